The van der Waals surface area contributed by atoms with Gasteiger partial charge in [0.15, 0.2) is 0 Å². The van der Waals surface area contributed by atoms with Gasteiger partial charge in [0.05, 0.1) is 17.4 Å². The van der Waals surface area contributed by atoms with E-state index in [-0.39, 0.29) is 5.82 Å². The van der Waals surface area contributed by atoms with Gasteiger partial charge in [0.1, 0.15) is 5.82 Å². The third-order valence-electron chi connectivity index (χ3n) is 5.00. The number of halogens is 1. The van der Waals surface area contributed by atoms with Crippen LogP contribution in [0.4, 0.5) is 4.39 Å². The second-order valence-corrected chi connectivity index (χ2v) is 6.84. The topological polar surface area (TPSA) is 31.4 Å². The van der Waals surface area contributed by atoms with Crippen molar-refractivity contribution < 1.29 is 13.7 Å². The highest BCUT2D eigenvalue weighted by atomic mass is 19.1. The van der Waals surface area contributed by atoms with E-state index >= 15 is 0 Å². The van der Waals surface area contributed by atoms with Crippen LogP contribution in [0.15, 0.2) is 12.4 Å². The molecule has 1 saturated carbocycles. The molecule has 1 saturated heterocycles. The van der Waals surface area contributed by atoms with Crippen LogP contribution in [-0.4, -0.2) is 23.3 Å². The molecular weight excluding hydrogens is 256 g/mol. The molecule has 2 heterocycles. The lowest BCUT2D eigenvalue weighted by Gasteiger charge is -2.32. The van der Waals surface area contributed by atoms with Crippen molar-refractivity contribution in [2.75, 3.05) is 0 Å². The molecule has 1 aromatic rings. The Bertz CT molecular complexity index is 513. The van der Waals surface area contributed by atoms with Gasteiger partial charge < -0.3 is 9.31 Å². The average molecular weight is 277 g/mol. The zero-order valence-electron chi connectivity index (χ0n) is 12.6. The molecule has 0 radical (unpaired) electrons. The molecule has 0 bridgehead atoms. The maximum absolute atomic E-state index is 14.3. The van der Waals surface area contributed by atoms with Gasteiger partial charge in [0.2, 0.25) is 0 Å². The minimum atomic E-state index is -0.640. The van der Waals surface area contributed by atoms with Crippen molar-refractivity contribution in [2.24, 2.45) is 0 Å². The number of pyridine rings is 1. The van der Waals surface area contributed by atoms with E-state index < -0.39 is 18.3 Å². The molecule has 1 aliphatic heterocycles. The lowest BCUT2D eigenvalue weighted by molar-refractivity contribution is 0.00578. The van der Waals surface area contributed by atoms with E-state index in [1.54, 1.807) is 6.20 Å². The minimum Gasteiger partial charge on any atom is -0.399 e. The highest BCUT2D eigenvalue weighted by Crippen LogP contribution is 2.39. The largest absolute Gasteiger partial charge is 0.498 e. The summed E-state index contributed by atoms with van der Waals surface area (Å²) in [5, 5.41) is 0. The van der Waals surface area contributed by atoms with Crippen LogP contribution < -0.4 is 5.46 Å². The summed E-state index contributed by atoms with van der Waals surface area (Å²) in [6.07, 6.45) is 6.41. The molecule has 20 heavy (non-hydrogen) atoms. The molecule has 1 aromatic heterocycles. The monoisotopic (exact) mass is 277 g/mol. The maximum Gasteiger partial charge on any atom is 0.498 e. The average Bonchev–Trinajstić information content (AvgIpc) is 2.45. The Morgan fingerprint density at radius 1 is 1.15 bits per heavy atom. The molecule has 108 valence electrons. The molecule has 1 aliphatic carbocycles. The summed E-state index contributed by atoms with van der Waals surface area (Å²) in [6.45, 7) is 7.93. The number of nitrogens with zero attached hydrogens (tertiary/aromatic N) is 1. The minimum absolute atomic E-state index is 0.326. The van der Waals surface area contributed by atoms with E-state index in [2.05, 4.69) is 4.98 Å². The highest BCUT2D eigenvalue weighted by molar-refractivity contribution is 6.62. The van der Waals surface area contributed by atoms with Crippen molar-refractivity contribution in [3.8, 4) is 0 Å². The Morgan fingerprint density at radius 2 is 1.75 bits per heavy atom. The Morgan fingerprint density at radius 3 is 2.25 bits per heavy atom. The molecular formula is C15H21BFNO2. The van der Waals surface area contributed by atoms with Crippen molar-refractivity contribution in [2.45, 2.75) is 64.1 Å². The second-order valence-electron chi connectivity index (χ2n) is 6.84. The first kappa shape index (κ1) is 14.0. The van der Waals surface area contributed by atoms with Crippen LogP contribution in [0.2, 0.25) is 0 Å². The summed E-state index contributed by atoms with van der Waals surface area (Å²) in [5.74, 6) is 0.0696. The fourth-order valence-corrected chi connectivity index (χ4v) is 2.71. The van der Waals surface area contributed by atoms with E-state index in [1.807, 2.05) is 27.7 Å². The molecule has 0 aromatic carbocycles. The molecule has 0 atom stereocenters. The highest BCUT2D eigenvalue weighted by Gasteiger charge is 2.53. The lowest BCUT2D eigenvalue weighted by Crippen LogP contribution is -2.41. The molecule has 5 heteroatoms. The first-order valence-corrected chi connectivity index (χ1v) is 7.31. The molecule has 0 N–H and O–H groups in total. The number of hydrogen-bond donors (Lipinski definition) is 0. The normalized spacial score (nSPS) is 24.8. The number of rotatable bonds is 2. The van der Waals surface area contributed by atoms with Crippen LogP contribution in [0.5, 0.6) is 0 Å². The van der Waals surface area contributed by atoms with Crippen LogP contribution in [0, 0.1) is 5.82 Å². The summed E-state index contributed by atoms with van der Waals surface area (Å²) in [4.78, 5) is 4.01. The summed E-state index contributed by atoms with van der Waals surface area (Å²) in [7, 11) is -0.640. The van der Waals surface area contributed by atoms with E-state index in [4.69, 9.17) is 9.31 Å². The van der Waals surface area contributed by atoms with Crippen molar-refractivity contribution in [1.29, 1.82) is 0 Å². The quantitative estimate of drug-likeness (QED) is 0.779. The third-order valence-corrected chi connectivity index (χ3v) is 5.00. The first-order valence-electron chi connectivity index (χ1n) is 7.31. The fraction of sp³-hybridized carbons (Fsp3) is 0.667. The van der Waals surface area contributed by atoms with E-state index in [9.17, 15) is 4.39 Å². The maximum atomic E-state index is 14.3. The summed E-state index contributed by atoms with van der Waals surface area (Å²) < 4.78 is 26.3. The summed E-state index contributed by atoms with van der Waals surface area (Å²) >= 11 is 0. The van der Waals surface area contributed by atoms with Crippen molar-refractivity contribution in [1.82, 2.24) is 4.98 Å². The van der Waals surface area contributed by atoms with Gasteiger partial charge in [-0.1, -0.05) is 6.42 Å². The molecule has 0 unspecified atom stereocenters. The van der Waals surface area contributed by atoms with Crippen LogP contribution in [-0.2, 0) is 9.31 Å². The second kappa shape index (κ2) is 4.53. The Kier molecular flexibility index (Phi) is 3.18. The van der Waals surface area contributed by atoms with E-state index in [0.29, 0.717) is 11.4 Å². The first-order chi connectivity index (χ1) is 9.32. The van der Waals surface area contributed by atoms with Crippen LogP contribution in [0.3, 0.4) is 0 Å². The van der Waals surface area contributed by atoms with Gasteiger partial charge in [-0.25, -0.2) is 4.39 Å². The van der Waals surface area contributed by atoms with E-state index in [1.165, 1.54) is 12.6 Å². The molecule has 2 fully saturated rings. The molecule has 0 amide bonds. The van der Waals surface area contributed by atoms with Crippen molar-refractivity contribution in [3.05, 3.63) is 23.8 Å². The Hall–Kier alpha value is -0.935. The van der Waals surface area contributed by atoms with Gasteiger partial charge in [0, 0.05) is 11.7 Å². The van der Waals surface area contributed by atoms with Crippen LogP contribution >= 0.6 is 0 Å². The lowest BCUT2D eigenvalue weighted by atomic mass is 9.69. The van der Waals surface area contributed by atoms with Gasteiger partial charge >= 0.3 is 7.12 Å². The number of hydrogen-bond acceptors (Lipinski definition) is 3. The standard InChI is InChI=1S/C15H21BFNO2/c1-14(2)15(3,4)20-16(19-14)13-11(10-6-5-7-10)8-18-9-12(13)17/h8-10H,5-7H2,1-4H3. The fourth-order valence-electron chi connectivity index (χ4n) is 2.71. The molecule has 0 spiro atoms. The van der Waals surface area contributed by atoms with Crippen molar-refractivity contribution in [3.63, 3.8) is 0 Å². The van der Waals surface area contributed by atoms with Crippen LogP contribution in [0.1, 0.15) is 58.4 Å². The van der Waals surface area contributed by atoms with E-state index in [0.717, 1.165) is 18.4 Å². The van der Waals surface area contributed by atoms with Gasteiger partial charge in [-0.3, -0.25) is 4.98 Å². The predicted molar refractivity (Wildman–Crippen MR) is 76.5 cm³/mol. The smallest absolute Gasteiger partial charge is 0.399 e. The zero-order chi connectivity index (χ0) is 14.5. The van der Waals surface area contributed by atoms with Crippen molar-refractivity contribution >= 4 is 12.6 Å². The molecule has 3 nitrogen and oxygen atoms in total. The van der Waals surface area contributed by atoms with Gasteiger partial charge in [-0.15, -0.1) is 0 Å². The van der Waals surface area contributed by atoms with Gasteiger partial charge in [-0.2, -0.15) is 0 Å². The summed E-state index contributed by atoms with van der Waals surface area (Å²) in [5.41, 5.74) is 0.590. The predicted octanol–water partition coefficient (Wildman–Crippen LogP) is 2.79. The zero-order valence-corrected chi connectivity index (χ0v) is 12.6. The van der Waals surface area contributed by atoms with Gasteiger partial charge in [-0.05, 0) is 52.0 Å². The molecule has 2 aliphatic rings. The summed E-state index contributed by atoms with van der Waals surface area (Å²) in [6, 6.07) is 0. The number of aromatic nitrogens is 1. The molecule has 3 rings (SSSR count). The van der Waals surface area contributed by atoms with Crippen LogP contribution in [0.25, 0.3) is 0 Å². The Balaban J connectivity index is 1.99. The SMILES string of the molecule is CC1(C)OB(c2c(F)cncc2C2CCC2)OC1(C)C. The Labute approximate surface area is 120 Å². The third kappa shape index (κ3) is 2.08. The van der Waals surface area contributed by atoms with Gasteiger partial charge in [0.25, 0.3) is 0 Å².